The van der Waals surface area contributed by atoms with Crippen LogP contribution in [0.2, 0.25) is 0 Å². The summed E-state index contributed by atoms with van der Waals surface area (Å²) in [6, 6.07) is 11.9. The minimum absolute atomic E-state index is 0.241. The van der Waals surface area contributed by atoms with Gasteiger partial charge in [0.15, 0.2) is 0 Å². The molecule has 2 aromatic rings. The first kappa shape index (κ1) is 21.6. The van der Waals surface area contributed by atoms with E-state index >= 15 is 0 Å². The lowest BCUT2D eigenvalue weighted by atomic mass is 10.1. The molecule has 0 radical (unpaired) electrons. The first-order valence-electron chi connectivity index (χ1n) is 9.44. The molecule has 3 rings (SSSR count). The van der Waals surface area contributed by atoms with Gasteiger partial charge in [0, 0.05) is 17.6 Å². The third kappa shape index (κ3) is 5.29. The molecule has 0 fully saturated rings. The van der Waals surface area contributed by atoms with Crippen molar-refractivity contribution in [3.8, 4) is 11.5 Å². The summed E-state index contributed by atoms with van der Waals surface area (Å²) in [6.45, 7) is 1.24. The highest BCUT2D eigenvalue weighted by molar-refractivity contribution is 9.10. The van der Waals surface area contributed by atoms with Crippen LogP contribution in [0.15, 0.2) is 46.9 Å². The molecular weight excluding hydrogens is 454 g/mol. The Kier molecular flexibility index (Phi) is 7.29. The Hall–Kier alpha value is -3.07. The maximum Gasteiger partial charge on any atom is 0.314 e. The smallest absolute Gasteiger partial charge is 0.314 e. The van der Waals surface area contributed by atoms with Crippen LogP contribution in [0, 0.1) is 0 Å². The van der Waals surface area contributed by atoms with E-state index in [1.54, 1.807) is 49.6 Å². The van der Waals surface area contributed by atoms with E-state index in [0.717, 1.165) is 10.2 Å². The third-order valence-electron chi connectivity index (χ3n) is 4.49. The average molecular weight is 476 g/mol. The summed E-state index contributed by atoms with van der Waals surface area (Å²) in [5.74, 6) is 0.818. The zero-order valence-electron chi connectivity index (χ0n) is 16.4. The van der Waals surface area contributed by atoms with Crippen LogP contribution in [0.5, 0.6) is 11.5 Å². The Balaban J connectivity index is 1.31. The number of fused-ring (bicyclic) bond motifs is 1. The quantitative estimate of drug-likeness (QED) is 0.429. The van der Waals surface area contributed by atoms with Gasteiger partial charge in [-0.1, -0.05) is 15.9 Å². The van der Waals surface area contributed by atoms with Gasteiger partial charge in [-0.15, -0.1) is 0 Å². The Morgan fingerprint density at radius 1 is 0.967 bits per heavy atom. The molecule has 0 unspecified atom stereocenters. The Morgan fingerprint density at radius 2 is 1.63 bits per heavy atom. The highest BCUT2D eigenvalue weighted by atomic mass is 79.9. The molecule has 0 bridgehead atoms. The predicted molar refractivity (Wildman–Crippen MR) is 114 cm³/mol. The monoisotopic (exact) mass is 475 g/mol. The van der Waals surface area contributed by atoms with Crippen molar-refractivity contribution in [1.29, 1.82) is 0 Å². The van der Waals surface area contributed by atoms with E-state index in [0.29, 0.717) is 43.0 Å². The van der Waals surface area contributed by atoms with E-state index in [4.69, 9.17) is 9.47 Å². The molecule has 0 saturated carbocycles. The van der Waals surface area contributed by atoms with Gasteiger partial charge in [0.25, 0.3) is 11.8 Å². The molecule has 4 amide bonds. The number of carbonyl (C=O) groups is 3. The maximum atomic E-state index is 12.4. The highest BCUT2D eigenvalue weighted by Crippen LogP contribution is 2.26. The van der Waals surface area contributed by atoms with Gasteiger partial charge in [-0.2, -0.15) is 0 Å². The summed E-state index contributed by atoms with van der Waals surface area (Å²) in [5, 5.41) is 5.39. The Bertz CT molecular complexity index is 933. The molecule has 0 saturated heterocycles. The van der Waals surface area contributed by atoms with Gasteiger partial charge >= 0.3 is 6.03 Å². The van der Waals surface area contributed by atoms with Gasteiger partial charge in [-0.05, 0) is 48.9 Å². The van der Waals surface area contributed by atoms with Gasteiger partial charge in [0.1, 0.15) is 18.1 Å². The summed E-state index contributed by atoms with van der Waals surface area (Å²) in [5.41, 5.74) is 0.808. The molecule has 1 aliphatic rings. The van der Waals surface area contributed by atoms with E-state index in [-0.39, 0.29) is 24.4 Å². The van der Waals surface area contributed by atoms with Gasteiger partial charge in [-0.3, -0.25) is 14.5 Å². The molecule has 158 valence electrons. The zero-order chi connectivity index (χ0) is 21.5. The van der Waals surface area contributed by atoms with Gasteiger partial charge in [-0.25, -0.2) is 4.79 Å². The molecule has 8 nitrogen and oxygen atoms in total. The highest BCUT2D eigenvalue weighted by Gasteiger charge is 2.34. The second-order valence-corrected chi connectivity index (χ2v) is 7.43. The van der Waals surface area contributed by atoms with Crippen LogP contribution < -0.4 is 20.1 Å². The molecule has 2 N–H and O–H groups in total. The van der Waals surface area contributed by atoms with Crippen molar-refractivity contribution in [2.24, 2.45) is 0 Å². The lowest BCUT2D eigenvalue weighted by Gasteiger charge is -2.14. The number of halogens is 1. The zero-order valence-corrected chi connectivity index (χ0v) is 18.0. The first-order valence-corrected chi connectivity index (χ1v) is 10.2. The minimum Gasteiger partial charge on any atom is -0.497 e. The number of amides is 4. The fourth-order valence-electron chi connectivity index (χ4n) is 2.97. The van der Waals surface area contributed by atoms with Gasteiger partial charge < -0.3 is 20.1 Å². The standard InChI is InChI=1S/C21H22BrN3O5/c1-29-15-4-6-16(7-5-15)30-12-10-24-21(28)23-9-2-11-25-19(26)17-8-3-14(22)13-18(17)20(25)27/h3-8,13H,2,9-12H2,1H3,(H2,23,24,28). The topological polar surface area (TPSA) is 97.0 Å². The molecule has 0 aromatic heterocycles. The number of imide groups is 1. The number of hydrogen-bond acceptors (Lipinski definition) is 5. The second kappa shape index (κ2) is 10.1. The second-order valence-electron chi connectivity index (χ2n) is 6.51. The molecule has 0 atom stereocenters. The molecular formula is C21H22BrN3O5. The van der Waals surface area contributed by atoms with Crippen molar-refractivity contribution < 1.29 is 23.9 Å². The van der Waals surface area contributed by atoms with Crippen molar-refractivity contribution in [1.82, 2.24) is 15.5 Å². The number of ether oxygens (including phenoxy) is 2. The average Bonchev–Trinajstić information content (AvgIpc) is 2.98. The molecule has 0 aliphatic carbocycles. The largest absolute Gasteiger partial charge is 0.497 e. The molecule has 2 aromatic carbocycles. The molecule has 9 heteroatoms. The van der Waals surface area contributed by atoms with Crippen molar-refractivity contribution in [2.75, 3.05) is 33.4 Å². The summed E-state index contributed by atoms with van der Waals surface area (Å²) < 4.78 is 11.4. The molecule has 1 heterocycles. The van der Waals surface area contributed by atoms with E-state index in [2.05, 4.69) is 26.6 Å². The number of carbonyl (C=O) groups excluding carboxylic acids is 3. The van der Waals surface area contributed by atoms with Crippen LogP contribution in [0.3, 0.4) is 0 Å². The maximum absolute atomic E-state index is 12.4. The van der Waals surface area contributed by atoms with Crippen molar-refractivity contribution in [3.63, 3.8) is 0 Å². The lowest BCUT2D eigenvalue weighted by Crippen LogP contribution is -2.39. The third-order valence-corrected chi connectivity index (χ3v) is 4.99. The fourth-order valence-corrected chi connectivity index (χ4v) is 3.33. The summed E-state index contributed by atoms with van der Waals surface area (Å²) >= 11 is 3.31. The number of benzene rings is 2. The number of nitrogens with zero attached hydrogens (tertiary/aromatic N) is 1. The summed E-state index contributed by atoms with van der Waals surface area (Å²) in [4.78, 5) is 37.8. The van der Waals surface area contributed by atoms with E-state index < -0.39 is 0 Å². The van der Waals surface area contributed by atoms with Gasteiger partial charge in [0.2, 0.25) is 0 Å². The molecule has 0 spiro atoms. The number of methoxy groups -OCH3 is 1. The fraction of sp³-hybridized carbons (Fsp3) is 0.286. The number of rotatable bonds is 9. The van der Waals surface area contributed by atoms with Crippen LogP contribution in [0.4, 0.5) is 4.79 Å². The normalized spacial score (nSPS) is 12.5. The lowest BCUT2D eigenvalue weighted by molar-refractivity contribution is 0.0653. The Labute approximate surface area is 182 Å². The van der Waals surface area contributed by atoms with Crippen LogP contribution >= 0.6 is 15.9 Å². The molecule has 1 aliphatic heterocycles. The van der Waals surface area contributed by atoms with Crippen LogP contribution in [0.1, 0.15) is 27.1 Å². The summed E-state index contributed by atoms with van der Waals surface area (Å²) in [7, 11) is 1.59. The number of urea groups is 1. The summed E-state index contributed by atoms with van der Waals surface area (Å²) in [6.07, 6.45) is 0.461. The number of hydrogen-bond donors (Lipinski definition) is 2. The Morgan fingerprint density at radius 3 is 2.37 bits per heavy atom. The van der Waals surface area contributed by atoms with E-state index in [1.807, 2.05) is 0 Å². The van der Waals surface area contributed by atoms with Crippen molar-refractivity contribution >= 4 is 33.8 Å². The van der Waals surface area contributed by atoms with Crippen molar-refractivity contribution in [2.45, 2.75) is 6.42 Å². The van der Waals surface area contributed by atoms with Crippen molar-refractivity contribution in [3.05, 3.63) is 58.1 Å². The van der Waals surface area contributed by atoms with Crippen LogP contribution in [-0.4, -0.2) is 56.1 Å². The van der Waals surface area contributed by atoms with Crippen LogP contribution in [-0.2, 0) is 0 Å². The van der Waals surface area contributed by atoms with E-state index in [1.165, 1.54) is 4.90 Å². The molecule has 30 heavy (non-hydrogen) atoms. The van der Waals surface area contributed by atoms with Crippen LogP contribution in [0.25, 0.3) is 0 Å². The van der Waals surface area contributed by atoms with E-state index in [9.17, 15) is 14.4 Å². The predicted octanol–water partition coefficient (Wildman–Crippen LogP) is 2.82. The van der Waals surface area contributed by atoms with Gasteiger partial charge in [0.05, 0.1) is 24.8 Å². The first-order chi connectivity index (χ1) is 14.5. The number of nitrogens with one attached hydrogen (secondary N) is 2. The SMILES string of the molecule is COc1ccc(OCCNC(=O)NCCCN2C(=O)c3ccc(Br)cc3C2=O)cc1. The minimum atomic E-state index is -0.334.